The molecule has 0 bridgehead atoms. The van der Waals surface area contributed by atoms with E-state index in [1.807, 2.05) is 0 Å². The van der Waals surface area contributed by atoms with Crippen molar-refractivity contribution >= 4 is 0 Å². The second kappa shape index (κ2) is 5.77. The van der Waals surface area contributed by atoms with E-state index < -0.39 is 19.2 Å². The van der Waals surface area contributed by atoms with E-state index in [-0.39, 0.29) is 6.54 Å². The van der Waals surface area contributed by atoms with Crippen molar-refractivity contribution < 1.29 is 22.6 Å². The summed E-state index contributed by atoms with van der Waals surface area (Å²) < 4.78 is 45.9. The van der Waals surface area contributed by atoms with E-state index in [1.54, 1.807) is 12.1 Å². The number of rotatable bonds is 5. The van der Waals surface area contributed by atoms with Gasteiger partial charge in [0.2, 0.25) is 0 Å². The summed E-state index contributed by atoms with van der Waals surface area (Å²) in [5.41, 5.74) is 6.10. The predicted molar refractivity (Wildman–Crippen MR) is 57.1 cm³/mol. The average Bonchev–Trinajstić information content (AvgIpc) is 2.27. The third-order valence-corrected chi connectivity index (χ3v) is 2.14. The van der Waals surface area contributed by atoms with E-state index in [0.717, 1.165) is 0 Å². The number of nitrogens with two attached hydrogens (primary N) is 1. The Balaban J connectivity index is 2.68. The summed E-state index contributed by atoms with van der Waals surface area (Å²) in [5.74, 6) is 0.848. The Kier molecular flexibility index (Phi) is 4.62. The van der Waals surface area contributed by atoms with Crippen molar-refractivity contribution in [2.24, 2.45) is 5.73 Å². The molecule has 0 atom stereocenters. The van der Waals surface area contributed by atoms with E-state index >= 15 is 0 Å². The molecule has 0 aromatic heterocycles. The second-order valence-electron chi connectivity index (χ2n) is 3.39. The third-order valence-electron chi connectivity index (χ3n) is 2.14. The molecule has 96 valence electrons. The highest BCUT2D eigenvalue weighted by Gasteiger charge is 2.27. The molecule has 1 rings (SSSR count). The molecular formula is C11H14F3NO2. The van der Waals surface area contributed by atoms with Crippen LogP contribution in [0.1, 0.15) is 12.0 Å². The lowest BCUT2D eigenvalue weighted by atomic mass is 10.2. The Labute approximate surface area is 97.3 Å². The molecule has 0 radical (unpaired) electrons. The van der Waals surface area contributed by atoms with Gasteiger partial charge in [-0.15, -0.1) is 0 Å². The summed E-state index contributed by atoms with van der Waals surface area (Å²) in [5, 5.41) is 0. The standard InChI is InChI=1S/C11H14F3NO2/c1-16-9-3-2-8(7-15)10(6-9)17-5-4-11(12,13)14/h2-3,6H,4-5,7,15H2,1H3. The van der Waals surface area contributed by atoms with E-state index in [4.69, 9.17) is 15.2 Å². The van der Waals surface area contributed by atoms with Crippen LogP contribution in [0.3, 0.4) is 0 Å². The molecule has 17 heavy (non-hydrogen) atoms. The Bertz CT molecular complexity index is 366. The van der Waals surface area contributed by atoms with Crippen LogP contribution in [0.25, 0.3) is 0 Å². The molecule has 0 aliphatic carbocycles. The fourth-order valence-electron chi connectivity index (χ4n) is 1.24. The number of alkyl halides is 3. The molecule has 0 saturated heterocycles. The van der Waals surface area contributed by atoms with Crippen LogP contribution in [0, 0.1) is 0 Å². The van der Waals surface area contributed by atoms with Crippen molar-refractivity contribution in [1.82, 2.24) is 0 Å². The molecule has 0 saturated carbocycles. The van der Waals surface area contributed by atoms with Crippen LogP contribution >= 0.6 is 0 Å². The number of hydrogen-bond acceptors (Lipinski definition) is 3. The minimum Gasteiger partial charge on any atom is -0.497 e. The van der Waals surface area contributed by atoms with E-state index in [0.29, 0.717) is 17.1 Å². The van der Waals surface area contributed by atoms with Crippen molar-refractivity contribution in [3.8, 4) is 11.5 Å². The molecule has 1 aromatic rings. The Morgan fingerprint density at radius 2 is 2.00 bits per heavy atom. The van der Waals surface area contributed by atoms with Crippen LogP contribution in [0.2, 0.25) is 0 Å². The summed E-state index contributed by atoms with van der Waals surface area (Å²) in [6, 6.07) is 4.87. The lowest BCUT2D eigenvalue weighted by Gasteiger charge is -2.12. The molecular weight excluding hydrogens is 235 g/mol. The van der Waals surface area contributed by atoms with Crippen LogP contribution in [-0.4, -0.2) is 19.9 Å². The molecule has 0 fully saturated rings. The molecule has 3 nitrogen and oxygen atoms in total. The van der Waals surface area contributed by atoms with Crippen LogP contribution < -0.4 is 15.2 Å². The first-order chi connectivity index (χ1) is 7.96. The van der Waals surface area contributed by atoms with Crippen molar-refractivity contribution in [2.75, 3.05) is 13.7 Å². The van der Waals surface area contributed by atoms with Gasteiger partial charge in [-0.25, -0.2) is 0 Å². The van der Waals surface area contributed by atoms with Gasteiger partial charge in [0.25, 0.3) is 0 Å². The van der Waals surface area contributed by atoms with E-state index in [2.05, 4.69) is 0 Å². The van der Waals surface area contributed by atoms with Gasteiger partial charge >= 0.3 is 6.18 Å². The van der Waals surface area contributed by atoms with Gasteiger partial charge in [-0.05, 0) is 6.07 Å². The van der Waals surface area contributed by atoms with Gasteiger partial charge < -0.3 is 15.2 Å². The maximum absolute atomic E-state index is 12.0. The van der Waals surface area contributed by atoms with Gasteiger partial charge in [-0.1, -0.05) is 6.07 Å². The Morgan fingerprint density at radius 3 is 2.53 bits per heavy atom. The minimum absolute atomic E-state index is 0.200. The molecule has 1 aromatic carbocycles. The summed E-state index contributed by atoms with van der Waals surface area (Å²) in [4.78, 5) is 0. The SMILES string of the molecule is COc1ccc(CN)c(OCCC(F)(F)F)c1. The summed E-state index contributed by atoms with van der Waals surface area (Å²) in [7, 11) is 1.47. The van der Waals surface area contributed by atoms with Crippen molar-refractivity contribution in [2.45, 2.75) is 19.1 Å². The van der Waals surface area contributed by atoms with Crippen molar-refractivity contribution in [1.29, 1.82) is 0 Å². The largest absolute Gasteiger partial charge is 0.497 e. The zero-order valence-corrected chi connectivity index (χ0v) is 9.38. The molecule has 0 heterocycles. The molecule has 2 N–H and O–H groups in total. The monoisotopic (exact) mass is 249 g/mol. The number of ether oxygens (including phenoxy) is 2. The summed E-state index contributed by atoms with van der Waals surface area (Å²) >= 11 is 0. The Morgan fingerprint density at radius 1 is 1.29 bits per heavy atom. The van der Waals surface area contributed by atoms with Crippen LogP contribution in [-0.2, 0) is 6.54 Å². The third kappa shape index (κ3) is 4.52. The molecule has 0 aliphatic heterocycles. The van der Waals surface area contributed by atoms with Crippen molar-refractivity contribution in [3.05, 3.63) is 23.8 Å². The highest BCUT2D eigenvalue weighted by atomic mass is 19.4. The highest BCUT2D eigenvalue weighted by molar-refractivity contribution is 5.40. The van der Waals surface area contributed by atoms with Crippen LogP contribution in [0.4, 0.5) is 13.2 Å². The predicted octanol–water partition coefficient (Wildman–Crippen LogP) is 2.49. The van der Waals surface area contributed by atoms with Gasteiger partial charge in [0.15, 0.2) is 0 Å². The number of halogens is 3. The summed E-state index contributed by atoms with van der Waals surface area (Å²) in [6.45, 7) is -0.227. The minimum atomic E-state index is -4.22. The van der Waals surface area contributed by atoms with E-state index in [1.165, 1.54) is 13.2 Å². The first kappa shape index (κ1) is 13.6. The molecule has 0 spiro atoms. The lowest BCUT2D eigenvalue weighted by Crippen LogP contribution is -2.14. The lowest BCUT2D eigenvalue weighted by molar-refractivity contribution is -0.139. The van der Waals surface area contributed by atoms with Gasteiger partial charge in [0.1, 0.15) is 11.5 Å². The zero-order valence-electron chi connectivity index (χ0n) is 9.38. The number of benzene rings is 1. The topological polar surface area (TPSA) is 44.5 Å². The molecule has 0 unspecified atom stereocenters. The van der Waals surface area contributed by atoms with Gasteiger partial charge in [0.05, 0.1) is 20.1 Å². The smallest absolute Gasteiger partial charge is 0.392 e. The number of hydrogen-bond donors (Lipinski definition) is 1. The number of methoxy groups -OCH3 is 1. The van der Waals surface area contributed by atoms with Gasteiger partial charge in [-0.2, -0.15) is 13.2 Å². The normalized spacial score (nSPS) is 11.4. The first-order valence-corrected chi connectivity index (χ1v) is 5.03. The maximum atomic E-state index is 12.0. The molecule has 0 amide bonds. The average molecular weight is 249 g/mol. The quantitative estimate of drug-likeness (QED) is 0.871. The van der Waals surface area contributed by atoms with Crippen molar-refractivity contribution in [3.63, 3.8) is 0 Å². The molecule has 6 heteroatoms. The van der Waals surface area contributed by atoms with Gasteiger partial charge in [-0.3, -0.25) is 0 Å². The van der Waals surface area contributed by atoms with E-state index in [9.17, 15) is 13.2 Å². The highest BCUT2D eigenvalue weighted by Crippen LogP contribution is 2.26. The summed E-state index contributed by atoms with van der Waals surface area (Å²) in [6.07, 6.45) is -5.21. The van der Waals surface area contributed by atoms with Crippen LogP contribution in [0.5, 0.6) is 11.5 Å². The van der Waals surface area contributed by atoms with Gasteiger partial charge in [0, 0.05) is 18.2 Å². The zero-order chi connectivity index (χ0) is 12.9. The fraction of sp³-hybridized carbons (Fsp3) is 0.455. The van der Waals surface area contributed by atoms with Crippen LogP contribution in [0.15, 0.2) is 18.2 Å². The first-order valence-electron chi connectivity index (χ1n) is 5.03. The maximum Gasteiger partial charge on any atom is 0.392 e. The fourth-order valence-corrected chi connectivity index (χ4v) is 1.24. The Hall–Kier alpha value is -1.43. The molecule has 0 aliphatic rings. The second-order valence-corrected chi connectivity index (χ2v) is 3.39.